The molecule has 1 saturated heterocycles. The van der Waals surface area contributed by atoms with Crippen LogP contribution in [0, 0.1) is 11.6 Å². The molecule has 2 nitrogen and oxygen atoms in total. The maximum atomic E-state index is 13.3. The Morgan fingerprint density at radius 2 is 2.25 bits per heavy atom. The lowest BCUT2D eigenvalue weighted by molar-refractivity contribution is 0.0903. The maximum absolute atomic E-state index is 13.3. The zero-order valence-corrected chi connectivity index (χ0v) is 8.75. The van der Waals surface area contributed by atoms with Gasteiger partial charge in [0.15, 0.2) is 11.6 Å². The molecule has 16 heavy (non-hydrogen) atoms. The second kappa shape index (κ2) is 5.18. The smallest absolute Gasteiger partial charge is 0.166 e. The second-order valence-electron chi connectivity index (χ2n) is 3.64. The number of rotatable bonds is 2. The van der Waals surface area contributed by atoms with Crippen LogP contribution < -0.4 is 5.32 Å². The normalized spacial score (nSPS) is 21.5. The van der Waals surface area contributed by atoms with E-state index in [1.807, 2.05) is 0 Å². The van der Waals surface area contributed by atoms with Gasteiger partial charge in [-0.2, -0.15) is 0 Å². The van der Waals surface area contributed by atoms with Crippen LogP contribution in [-0.4, -0.2) is 25.8 Å². The van der Waals surface area contributed by atoms with E-state index < -0.39 is 11.6 Å². The molecule has 0 saturated carbocycles. The molecule has 2 rings (SSSR count). The van der Waals surface area contributed by atoms with Crippen LogP contribution in [0.1, 0.15) is 5.56 Å². The number of morpholine rings is 1. The van der Waals surface area contributed by atoms with Crippen molar-refractivity contribution in [2.24, 2.45) is 0 Å². The fourth-order valence-electron chi connectivity index (χ4n) is 1.58. The average molecular weight is 225 g/mol. The summed E-state index contributed by atoms with van der Waals surface area (Å²) in [6, 6.07) is 4.20. The van der Waals surface area contributed by atoms with E-state index in [9.17, 15) is 8.78 Å². The topological polar surface area (TPSA) is 21.3 Å². The van der Waals surface area contributed by atoms with Crippen molar-refractivity contribution in [1.29, 1.82) is 0 Å². The molecular formula is C12H13F2NO. The van der Waals surface area contributed by atoms with E-state index in [0.29, 0.717) is 13.2 Å². The molecule has 1 fully saturated rings. The molecule has 0 aliphatic carbocycles. The molecule has 1 atom stereocenters. The number of benzene rings is 1. The molecule has 1 N–H and O–H groups in total. The summed E-state index contributed by atoms with van der Waals surface area (Å²) in [4.78, 5) is 0. The van der Waals surface area contributed by atoms with E-state index in [4.69, 9.17) is 4.74 Å². The van der Waals surface area contributed by atoms with Crippen LogP contribution in [-0.2, 0) is 4.74 Å². The van der Waals surface area contributed by atoms with Gasteiger partial charge in [0.05, 0.1) is 13.2 Å². The molecule has 0 radical (unpaired) electrons. The molecule has 1 aliphatic rings. The Morgan fingerprint density at radius 1 is 1.38 bits per heavy atom. The van der Waals surface area contributed by atoms with Gasteiger partial charge in [-0.15, -0.1) is 0 Å². The first-order valence-corrected chi connectivity index (χ1v) is 5.21. The highest BCUT2D eigenvalue weighted by Gasteiger charge is 2.10. The van der Waals surface area contributed by atoms with Crippen molar-refractivity contribution >= 4 is 6.08 Å². The highest BCUT2D eigenvalue weighted by molar-refractivity contribution is 5.50. The Balaban J connectivity index is 2.07. The van der Waals surface area contributed by atoms with Crippen molar-refractivity contribution in [3.63, 3.8) is 0 Å². The molecule has 0 aromatic heterocycles. The van der Waals surface area contributed by atoms with Crippen LogP contribution in [0.15, 0.2) is 24.3 Å². The lowest BCUT2D eigenvalue weighted by atomic mass is 10.1. The first kappa shape index (κ1) is 11.2. The minimum atomic E-state index is -0.824. The summed E-state index contributed by atoms with van der Waals surface area (Å²) in [6.45, 7) is 2.03. The predicted molar refractivity (Wildman–Crippen MR) is 58.0 cm³/mol. The van der Waals surface area contributed by atoms with Gasteiger partial charge < -0.3 is 10.1 Å². The number of nitrogens with one attached hydrogen (secondary N) is 1. The molecule has 4 heteroatoms. The lowest BCUT2D eigenvalue weighted by Gasteiger charge is -2.20. The van der Waals surface area contributed by atoms with E-state index in [1.54, 1.807) is 18.2 Å². The van der Waals surface area contributed by atoms with E-state index in [1.165, 1.54) is 6.07 Å². The Bertz CT molecular complexity index is 387. The van der Waals surface area contributed by atoms with Crippen molar-refractivity contribution in [1.82, 2.24) is 5.32 Å². The molecule has 0 bridgehead atoms. The third kappa shape index (κ3) is 2.65. The van der Waals surface area contributed by atoms with Gasteiger partial charge in [0.2, 0.25) is 0 Å². The van der Waals surface area contributed by atoms with Crippen LogP contribution >= 0.6 is 0 Å². The van der Waals surface area contributed by atoms with Gasteiger partial charge in [-0.1, -0.05) is 24.3 Å². The van der Waals surface area contributed by atoms with Crippen LogP contribution in [0.4, 0.5) is 8.78 Å². The highest BCUT2D eigenvalue weighted by Crippen LogP contribution is 2.13. The summed E-state index contributed by atoms with van der Waals surface area (Å²) >= 11 is 0. The summed E-state index contributed by atoms with van der Waals surface area (Å²) in [7, 11) is 0. The molecule has 1 heterocycles. The van der Waals surface area contributed by atoms with Crippen molar-refractivity contribution in [2.45, 2.75) is 6.04 Å². The molecule has 1 aromatic carbocycles. The van der Waals surface area contributed by atoms with Gasteiger partial charge in [0.25, 0.3) is 0 Å². The van der Waals surface area contributed by atoms with Crippen molar-refractivity contribution < 1.29 is 13.5 Å². The Kier molecular flexibility index (Phi) is 3.64. The Morgan fingerprint density at radius 3 is 3.00 bits per heavy atom. The Labute approximate surface area is 92.9 Å². The van der Waals surface area contributed by atoms with Crippen molar-refractivity contribution in [2.75, 3.05) is 19.8 Å². The third-order valence-electron chi connectivity index (χ3n) is 2.44. The van der Waals surface area contributed by atoms with Crippen LogP contribution in [0.3, 0.4) is 0 Å². The van der Waals surface area contributed by atoms with E-state index in [-0.39, 0.29) is 11.6 Å². The zero-order chi connectivity index (χ0) is 11.4. The summed E-state index contributed by atoms with van der Waals surface area (Å²) < 4.78 is 31.4. The highest BCUT2D eigenvalue weighted by atomic mass is 19.2. The summed E-state index contributed by atoms with van der Waals surface area (Å²) in [5.74, 6) is -1.63. The molecule has 1 unspecified atom stereocenters. The van der Waals surface area contributed by atoms with E-state index >= 15 is 0 Å². The van der Waals surface area contributed by atoms with Gasteiger partial charge in [0, 0.05) is 18.2 Å². The van der Waals surface area contributed by atoms with Gasteiger partial charge in [-0.05, 0) is 6.07 Å². The molecule has 86 valence electrons. The predicted octanol–water partition coefficient (Wildman–Crippen LogP) is 1.97. The molecule has 0 spiro atoms. The van der Waals surface area contributed by atoms with E-state index in [2.05, 4.69) is 5.32 Å². The fraction of sp³-hybridized carbons (Fsp3) is 0.333. The van der Waals surface area contributed by atoms with Crippen molar-refractivity contribution in [3.05, 3.63) is 41.5 Å². The third-order valence-corrected chi connectivity index (χ3v) is 2.44. The van der Waals surface area contributed by atoms with E-state index in [0.717, 1.165) is 12.6 Å². The maximum Gasteiger partial charge on any atom is 0.166 e. The largest absolute Gasteiger partial charge is 0.378 e. The van der Waals surface area contributed by atoms with Gasteiger partial charge in [-0.3, -0.25) is 0 Å². The van der Waals surface area contributed by atoms with Gasteiger partial charge in [0.1, 0.15) is 0 Å². The summed E-state index contributed by atoms with van der Waals surface area (Å²) in [5, 5.41) is 3.20. The zero-order valence-electron chi connectivity index (χ0n) is 8.75. The second-order valence-corrected chi connectivity index (χ2v) is 3.64. The minimum Gasteiger partial charge on any atom is -0.378 e. The molecule has 1 aliphatic heterocycles. The number of hydrogen-bond donors (Lipinski definition) is 1. The van der Waals surface area contributed by atoms with Gasteiger partial charge in [-0.25, -0.2) is 8.78 Å². The summed E-state index contributed by atoms with van der Waals surface area (Å²) in [5.41, 5.74) is 0.257. The fourth-order valence-corrected chi connectivity index (χ4v) is 1.58. The summed E-state index contributed by atoms with van der Waals surface area (Å²) in [6.07, 6.45) is 3.36. The Hall–Kier alpha value is -1.26. The van der Waals surface area contributed by atoms with Gasteiger partial charge >= 0.3 is 0 Å². The number of halogens is 2. The molecule has 1 aromatic rings. The van der Waals surface area contributed by atoms with Crippen LogP contribution in [0.25, 0.3) is 6.08 Å². The number of ether oxygens (including phenoxy) is 1. The minimum absolute atomic E-state index is 0.0661. The average Bonchev–Trinajstić information content (AvgIpc) is 2.32. The quantitative estimate of drug-likeness (QED) is 0.830. The molecular weight excluding hydrogens is 212 g/mol. The first-order valence-electron chi connectivity index (χ1n) is 5.21. The SMILES string of the molecule is Fc1cccc(/C=C/C2COCCN2)c1F. The van der Waals surface area contributed by atoms with Crippen molar-refractivity contribution in [3.8, 4) is 0 Å². The standard InChI is InChI=1S/C12H13F2NO/c13-11-3-1-2-9(12(11)14)4-5-10-8-16-7-6-15-10/h1-5,10,15H,6-8H2/b5-4+. The van der Waals surface area contributed by atoms with Crippen LogP contribution in [0.2, 0.25) is 0 Å². The molecule has 0 amide bonds. The monoisotopic (exact) mass is 225 g/mol. The van der Waals surface area contributed by atoms with Crippen LogP contribution in [0.5, 0.6) is 0 Å². The lowest BCUT2D eigenvalue weighted by Crippen LogP contribution is -2.39. The number of hydrogen-bond acceptors (Lipinski definition) is 2. The first-order chi connectivity index (χ1) is 7.77.